The van der Waals surface area contributed by atoms with Crippen LogP contribution < -0.4 is 46.7 Å². The number of aryl methyl sites for hydroxylation is 1. The molecule has 12 rings (SSSR count). The number of urea groups is 1. The zero-order valence-electron chi connectivity index (χ0n) is 56.7. The molecule has 0 saturated carbocycles. The number of carbonyl (C=O) groups excluding carboxylic acids is 8. The molecule has 3 aliphatic rings. The number of ether oxygens (including phenoxy) is 4. The fourth-order valence-corrected chi connectivity index (χ4v) is 14.5. The molecule has 101 heavy (non-hydrogen) atoms. The Morgan fingerprint density at radius 2 is 1.41 bits per heavy atom. The Morgan fingerprint density at radius 1 is 0.743 bits per heavy atom. The monoisotopic (exact) mass is 1410 g/mol. The molecular formula is C75H81ClN12O12S. The van der Waals surface area contributed by atoms with E-state index in [9.17, 15) is 38.4 Å². The average Bonchev–Trinajstić information content (AvgIpc) is 1.59. The zero-order valence-corrected chi connectivity index (χ0v) is 58.3. The maximum atomic E-state index is 14.7. The van der Waals surface area contributed by atoms with Crippen LogP contribution in [0.25, 0.3) is 43.0 Å². The second-order valence-electron chi connectivity index (χ2n) is 26.1. The SMILES string of the molecule is Cc1csc2c(OC(=O)N(C)CCN(C)C(=O)OCc3ccc(NC(=O)[C@H](CCCNC(N)=O)NC(=O)[C@@H](NC(=O)OCC4c5ccccc5-c5ccccc54)C(C)C)cc3)cc3c(c12)[C@H](CCl)CN3C(=O)c1cc2cc(NC(=O)c3cc4cc(OCCN5CCCC5)ccc4[nH]3)ccc2[nH]1. The van der Waals surface area contributed by atoms with Crippen LogP contribution in [0.2, 0.25) is 0 Å². The molecule has 24 nitrogen and oxygen atoms in total. The van der Waals surface area contributed by atoms with Crippen LogP contribution >= 0.6 is 22.9 Å². The number of nitrogens with one attached hydrogen (secondary N) is 7. The molecule has 0 bridgehead atoms. The molecule has 2 aliphatic heterocycles. The number of likely N-dealkylation sites (tertiary alicyclic amines) is 1. The summed E-state index contributed by atoms with van der Waals surface area (Å²) in [5, 5.41) is 18.2. The third-order valence-corrected chi connectivity index (χ3v) is 20.2. The number of nitrogens with two attached hydrogens (primary N) is 1. The highest BCUT2D eigenvalue weighted by atomic mass is 35.5. The number of fused-ring (bicyclic) bond motifs is 8. The lowest BCUT2D eigenvalue weighted by atomic mass is 9.97. The Morgan fingerprint density at radius 3 is 2.11 bits per heavy atom. The number of alkyl halides is 1. The van der Waals surface area contributed by atoms with Gasteiger partial charge in [0.15, 0.2) is 5.75 Å². The number of amides is 9. The molecule has 9 amide bonds. The van der Waals surface area contributed by atoms with Gasteiger partial charge < -0.3 is 75.9 Å². The van der Waals surface area contributed by atoms with Crippen LogP contribution in [0, 0.1) is 12.8 Å². The smallest absolute Gasteiger partial charge is 0.415 e. The quantitative estimate of drug-likeness (QED) is 0.0185. The van der Waals surface area contributed by atoms with E-state index >= 15 is 0 Å². The number of hydrogen-bond acceptors (Lipinski definition) is 14. The second-order valence-corrected chi connectivity index (χ2v) is 27.3. The van der Waals surface area contributed by atoms with Gasteiger partial charge in [-0.25, -0.2) is 19.2 Å². The highest BCUT2D eigenvalue weighted by Crippen LogP contribution is 2.50. The number of anilines is 3. The van der Waals surface area contributed by atoms with Crippen molar-refractivity contribution in [2.24, 2.45) is 11.7 Å². The maximum absolute atomic E-state index is 14.7. The first kappa shape index (κ1) is 70.2. The topological polar surface area (TPSA) is 304 Å². The molecular weight excluding hydrogens is 1330 g/mol. The predicted octanol–water partition coefficient (Wildman–Crippen LogP) is 12.0. The number of primary amides is 1. The molecule has 9 N–H and O–H groups in total. The number of H-pyrrole nitrogens is 2. The van der Waals surface area contributed by atoms with Gasteiger partial charge in [-0.1, -0.05) is 74.5 Å². The first-order valence-electron chi connectivity index (χ1n) is 33.8. The van der Waals surface area contributed by atoms with Gasteiger partial charge in [0, 0.05) is 109 Å². The Kier molecular flexibility index (Phi) is 21.8. The van der Waals surface area contributed by atoms with Gasteiger partial charge in [0.05, 0.1) is 10.4 Å². The predicted molar refractivity (Wildman–Crippen MR) is 390 cm³/mol. The Bertz CT molecular complexity index is 4560. The summed E-state index contributed by atoms with van der Waals surface area (Å²) in [5.41, 5.74) is 15.6. The van der Waals surface area contributed by atoms with Crippen molar-refractivity contribution in [2.45, 2.75) is 77.0 Å². The van der Waals surface area contributed by atoms with Crippen LogP contribution in [0.5, 0.6) is 11.5 Å². The van der Waals surface area contributed by atoms with Crippen LogP contribution in [0.4, 0.5) is 36.2 Å². The molecule has 1 fully saturated rings. The number of hydrogen-bond donors (Lipinski definition) is 8. The van der Waals surface area contributed by atoms with Gasteiger partial charge >= 0.3 is 24.3 Å². The van der Waals surface area contributed by atoms with Crippen molar-refractivity contribution >= 4 is 120 Å². The molecule has 0 spiro atoms. The summed E-state index contributed by atoms with van der Waals surface area (Å²) in [6.07, 6.45) is 0.672. The van der Waals surface area contributed by atoms with Crippen molar-refractivity contribution in [2.75, 3.05) is 94.5 Å². The number of rotatable bonds is 26. The number of halogens is 1. The largest absolute Gasteiger partial charge is 0.492 e. The lowest BCUT2D eigenvalue weighted by molar-refractivity contribution is -0.128. The van der Waals surface area contributed by atoms with E-state index in [-0.39, 0.29) is 87.5 Å². The third kappa shape index (κ3) is 16.2. The lowest BCUT2D eigenvalue weighted by Crippen LogP contribution is -2.54. The molecule has 0 unspecified atom stereocenters. The Hall–Kier alpha value is -10.6. The van der Waals surface area contributed by atoms with E-state index in [1.54, 1.807) is 80.4 Å². The van der Waals surface area contributed by atoms with E-state index in [1.807, 2.05) is 85.1 Å². The van der Waals surface area contributed by atoms with Crippen molar-refractivity contribution in [3.63, 3.8) is 0 Å². The van der Waals surface area contributed by atoms with Crippen LogP contribution in [0.15, 0.2) is 133 Å². The average molecular weight is 1410 g/mol. The van der Waals surface area contributed by atoms with Crippen molar-refractivity contribution in [3.8, 4) is 22.6 Å². The van der Waals surface area contributed by atoms with E-state index in [2.05, 4.69) is 41.5 Å². The minimum atomic E-state index is -1.10. The fraction of sp³-hybridized carbons (Fsp3) is 0.333. The zero-order chi connectivity index (χ0) is 71.0. The molecule has 0 radical (unpaired) electrons. The molecule has 1 aliphatic carbocycles. The Labute approximate surface area is 592 Å². The number of aromatic nitrogens is 2. The number of likely N-dealkylation sites (N-methyl/N-ethyl adjacent to an activating group) is 2. The standard InChI is InChI=1S/C75H81ClN12O12S/c1-43(2)66(84-73(94)98-41-56-54-15-8-6-13-52(54)53-14-7-9-16-55(53)56)70(91)83-59(17-12-26-78-72(77)93)68(89)79-49-20-18-45(19-21-49)40-99-74(95)85(4)29-30-86(5)75(96)100-63-37-62-65(64-44(3)42-101-67(63)64)48(38-76)39-88(62)71(92)61-36-46-33-50(22-24-57(46)82-61)80-69(90)60-35-47-34-51(23-25-58(47)81-60)97-32-31-87-27-10-11-28-87/h6-9,13-16,18-25,33-37,42-43,48,56,59,66,81-82H,10-12,17,26-32,38-41H2,1-5H3,(H,79,89)(H,80,90)(H,83,91)(H,84,94)(H3,77,78,93)/t48-,59+,66+/m1/s1. The molecule has 26 heteroatoms. The van der Waals surface area contributed by atoms with Crippen LogP contribution in [0.3, 0.4) is 0 Å². The molecule has 526 valence electrons. The summed E-state index contributed by atoms with van der Waals surface area (Å²) in [6, 6.07) is 35.9. The van der Waals surface area contributed by atoms with E-state index in [1.165, 1.54) is 41.0 Å². The minimum Gasteiger partial charge on any atom is -0.492 e. The van der Waals surface area contributed by atoms with Gasteiger partial charge in [0.25, 0.3) is 11.8 Å². The molecule has 1 saturated heterocycles. The highest BCUT2D eigenvalue weighted by Gasteiger charge is 2.38. The van der Waals surface area contributed by atoms with Crippen LogP contribution in [0.1, 0.15) is 100 Å². The van der Waals surface area contributed by atoms with Gasteiger partial charge in [0.2, 0.25) is 11.8 Å². The molecule has 9 aromatic rings. The maximum Gasteiger partial charge on any atom is 0.415 e. The van der Waals surface area contributed by atoms with E-state index < -0.39 is 54.1 Å². The summed E-state index contributed by atoms with van der Waals surface area (Å²) in [4.78, 5) is 121. The van der Waals surface area contributed by atoms with Crippen molar-refractivity contribution in [1.82, 2.24) is 40.6 Å². The highest BCUT2D eigenvalue weighted by molar-refractivity contribution is 7.17. The summed E-state index contributed by atoms with van der Waals surface area (Å²) in [7, 11) is 3.09. The summed E-state index contributed by atoms with van der Waals surface area (Å²) in [6.45, 7) is 9.63. The first-order valence-corrected chi connectivity index (χ1v) is 35.2. The first-order chi connectivity index (χ1) is 48.8. The number of carbonyl (C=O) groups is 8. The number of aromatic amines is 2. The van der Waals surface area contributed by atoms with Gasteiger partial charge in [0.1, 0.15) is 49.0 Å². The Balaban J connectivity index is 0.621. The molecule has 3 aromatic heterocycles. The van der Waals surface area contributed by atoms with Crippen molar-refractivity contribution in [1.29, 1.82) is 0 Å². The van der Waals surface area contributed by atoms with E-state index in [0.29, 0.717) is 51.5 Å². The lowest BCUT2D eigenvalue weighted by Gasteiger charge is -2.25. The van der Waals surface area contributed by atoms with Gasteiger partial charge in [-0.3, -0.25) is 24.1 Å². The molecule has 3 atom stereocenters. The third-order valence-electron chi connectivity index (χ3n) is 18.7. The van der Waals surface area contributed by atoms with Crippen LogP contribution in [-0.2, 0) is 25.7 Å². The van der Waals surface area contributed by atoms with Crippen molar-refractivity contribution < 1.29 is 57.3 Å². The molecule has 6 aromatic carbocycles. The number of benzene rings is 6. The van der Waals surface area contributed by atoms with Gasteiger partial charge in [-0.2, -0.15) is 0 Å². The minimum absolute atomic E-state index is 0.0418. The van der Waals surface area contributed by atoms with Gasteiger partial charge in [-0.05, 0) is 157 Å². The number of thiophene rings is 1. The van der Waals surface area contributed by atoms with Gasteiger partial charge in [-0.15, -0.1) is 22.9 Å². The van der Waals surface area contributed by atoms with E-state index in [0.717, 1.165) is 79.8 Å². The normalized spacial score (nSPS) is 14.6. The number of nitrogens with zero attached hydrogens (tertiary/aromatic N) is 4. The van der Waals surface area contributed by atoms with E-state index in [4.69, 9.17) is 36.3 Å². The molecule has 5 heterocycles. The summed E-state index contributed by atoms with van der Waals surface area (Å²) >= 11 is 8.08. The summed E-state index contributed by atoms with van der Waals surface area (Å²) < 4.78 is 24.2. The summed E-state index contributed by atoms with van der Waals surface area (Å²) in [5.74, 6) is -1.42. The number of alkyl carbamates (subject to hydrolysis) is 1. The fourth-order valence-electron chi connectivity index (χ4n) is 13.3. The second kappa shape index (κ2) is 31.3. The van der Waals surface area contributed by atoms with Crippen LogP contribution in [-0.4, -0.2) is 164 Å². The van der Waals surface area contributed by atoms with Crippen molar-refractivity contribution in [3.05, 3.63) is 172 Å².